The van der Waals surface area contributed by atoms with Gasteiger partial charge in [-0.3, -0.25) is 4.79 Å². The summed E-state index contributed by atoms with van der Waals surface area (Å²) in [5, 5.41) is 10.9. The fourth-order valence-corrected chi connectivity index (χ4v) is 3.04. The lowest BCUT2D eigenvalue weighted by Crippen LogP contribution is -2.14. The van der Waals surface area contributed by atoms with Crippen LogP contribution in [0.3, 0.4) is 0 Å². The van der Waals surface area contributed by atoms with E-state index in [2.05, 4.69) is 21.6 Å². The first-order valence-electron chi connectivity index (χ1n) is 8.02. The van der Waals surface area contributed by atoms with Crippen molar-refractivity contribution in [3.05, 3.63) is 58.9 Å². The van der Waals surface area contributed by atoms with Crippen molar-refractivity contribution in [1.82, 2.24) is 10.2 Å². The van der Waals surface area contributed by atoms with Crippen LogP contribution in [0, 0.1) is 26.6 Å². The third-order valence-corrected chi connectivity index (χ3v) is 4.48. The highest BCUT2D eigenvalue weighted by atomic mass is 32.2. The number of rotatable bonds is 5. The number of halogens is 1. The molecule has 0 atom stereocenters. The Morgan fingerprint density at radius 1 is 1.12 bits per heavy atom. The van der Waals surface area contributed by atoms with E-state index in [9.17, 15) is 9.18 Å². The van der Waals surface area contributed by atoms with Gasteiger partial charge in [0.15, 0.2) is 0 Å². The maximum atomic E-state index is 13.5. The van der Waals surface area contributed by atoms with Crippen molar-refractivity contribution in [2.24, 2.45) is 0 Å². The van der Waals surface area contributed by atoms with Crippen LogP contribution < -0.4 is 5.32 Å². The SMILES string of the molecule is Cc1cc(C)cc(-c2nnc(SCC(=O)Nc3ccc(C)c(F)c3)o2)c1. The van der Waals surface area contributed by atoms with Crippen LogP contribution in [0.15, 0.2) is 46.0 Å². The lowest BCUT2D eigenvalue weighted by Gasteiger charge is -2.05. The molecule has 134 valence electrons. The van der Waals surface area contributed by atoms with Gasteiger partial charge in [0.1, 0.15) is 5.82 Å². The highest BCUT2D eigenvalue weighted by Crippen LogP contribution is 2.25. The van der Waals surface area contributed by atoms with E-state index in [0.29, 0.717) is 22.4 Å². The van der Waals surface area contributed by atoms with Gasteiger partial charge in [-0.15, -0.1) is 10.2 Å². The molecule has 1 N–H and O–H groups in total. The van der Waals surface area contributed by atoms with Gasteiger partial charge < -0.3 is 9.73 Å². The molecule has 26 heavy (non-hydrogen) atoms. The Morgan fingerprint density at radius 3 is 2.54 bits per heavy atom. The van der Waals surface area contributed by atoms with Crippen molar-refractivity contribution < 1.29 is 13.6 Å². The minimum absolute atomic E-state index is 0.0873. The summed E-state index contributed by atoms with van der Waals surface area (Å²) in [6.07, 6.45) is 0. The number of carbonyl (C=O) groups excluding carboxylic acids is 1. The molecular formula is C19H18FN3O2S. The highest BCUT2D eigenvalue weighted by molar-refractivity contribution is 7.99. The number of hydrogen-bond acceptors (Lipinski definition) is 5. The highest BCUT2D eigenvalue weighted by Gasteiger charge is 2.12. The molecule has 0 saturated heterocycles. The van der Waals surface area contributed by atoms with Crippen LogP contribution in [0.2, 0.25) is 0 Å². The number of anilines is 1. The molecule has 7 heteroatoms. The molecule has 1 amide bonds. The molecule has 0 spiro atoms. The molecule has 0 fully saturated rings. The summed E-state index contributed by atoms with van der Waals surface area (Å²) in [4.78, 5) is 12.0. The number of aromatic nitrogens is 2. The molecule has 2 aromatic carbocycles. The maximum absolute atomic E-state index is 13.5. The van der Waals surface area contributed by atoms with Crippen molar-refractivity contribution in [1.29, 1.82) is 0 Å². The predicted octanol–water partition coefficient (Wildman–Crippen LogP) is 4.53. The van der Waals surface area contributed by atoms with Crippen molar-refractivity contribution in [3.8, 4) is 11.5 Å². The number of hydrogen-bond donors (Lipinski definition) is 1. The summed E-state index contributed by atoms with van der Waals surface area (Å²) in [6, 6.07) is 10.6. The van der Waals surface area contributed by atoms with Crippen molar-refractivity contribution in [2.75, 3.05) is 11.1 Å². The van der Waals surface area contributed by atoms with Gasteiger partial charge in [0.05, 0.1) is 5.75 Å². The van der Waals surface area contributed by atoms with E-state index < -0.39 is 0 Å². The normalized spacial score (nSPS) is 10.8. The minimum atomic E-state index is -0.356. The standard InChI is InChI=1S/C19H18FN3O2S/c1-11-6-12(2)8-14(7-11)18-22-23-19(25-18)26-10-17(24)21-15-5-4-13(3)16(20)9-15/h4-9H,10H2,1-3H3,(H,21,24). The Bertz CT molecular complexity index is 935. The van der Waals surface area contributed by atoms with E-state index >= 15 is 0 Å². The van der Waals surface area contributed by atoms with Crippen LogP contribution in [0.4, 0.5) is 10.1 Å². The summed E-state index contributed by atoms with van der Waals surface area (Å²) in [5.41, 5.74) is 4.01. The quantitative estimate of drug-likeness (QED) is 0.667. The summed E-state index contributed by atoms with van der Waals surface area (Å²) < 4.78 is 19.1. The number of aryl methyl sites for hydroxylation is 3. The Labute approximate surface area is 155 Å². The maximum Gasteiger partial charge on any atom is 0.277 e. The Morgan fingerprint density at radius 2 is 1.85 bits per heavy atom. The molecule has 5 nitrogen and oxygen atoms in total. The first-order valence-corrected chi connectivity index (χ1v) is 9.00. The van der Waals surface area contributed by atoms with Crippen LogP contribution in [0.1, 0.15) is 16.7 Å². The van der Waals surface area contributed by atoms with Gasteiger partial charge >= 0.3 is 0 Å². The Kier molecular flexibility index (Phi) is 5.37. The minimum Gasteiger partial charge on any atom is -0.411 e. The molecular weight excluding hydrogens is 353 g/mol. The fourth-order valence-electron chi connectivity index (χ4n) is 2.48. The average Bonchev–Trinajstić information content (AvgIpc) is 3.05. The second kappa shape index (κ2) is 7.70. The van der Waals surface area contributed by atoms with Gasteiger partial charge in [-0.2, -0.15) is 0 Å². The monoisotopic (exact) mass is 371 g/mol. The molecule has 0 bridgehead atoms. The van der Waals surface area contributed by atoms with Crippen molar-refractivity contribution in [2.45, 2.75) is 26.0 Å². The molecule has 1 aromatic heterocycles. The van der Waals surface area contributed by atoms with E-state index in [1.807, 2.05) is 26.0 Å². The first-order chi connectivity index (χ1) is 12.4. The number of carbonyl (C=O) groups is 1. The molecule has 0 saturated carbocycles. The molecule has 0 aliphatic carbocycles. The Balaban J connectivity index is 1.60. The summed E-state index contributed by atoms with van der Waals surface area (Å²) in [5.74, 6) is -0.126. The smallest absolute Gasteiger partial charge is 0.277 e. The van der Waals surface area contributed by atoms with E-state index in [0.717, 1.165) is 28.5 Å². The number of amides is 1. The van der Waals surface area contributed by atoms with Gasteiger partial charge in [-0.25, -0.2) is 4.39 Å². The average molecular weight is 371 g/mol. The van der Waals surface area contributed by atoms with Crippen LogP contribution in [0.5, 0.6) is 0 Å². The lowest BCUT2D eigenvalue weighted by molar-refractivity contribution is -0.113. The third-order valence-electron chi connectivity index (χ3n) is 3.66. The molecule has 3 aromatic rings. The largest absolute Gasteiger partial charge is 0.411 e. The van der Waals surface area contributed by atoms with Gasteiger partial charge in [-0.05, 0) is 50.6 Å². The number of nitrogens with zero attached hydrogens (tertiary/aromatic N) is 2. The van der Waals surface area contributed by atoms with E-state index in [4.69, 9.17) is 4.42 Å². The zero-order valence-corrected chi connectivity index (χ0v) is 15.5. The zero-order chi connectivity index (χ0) is 18.7. The van der Waals surface area contributed by atoms with E-state index in [1.165, 1.54) is 6.07 Å². The van der Waals surface area contributed by atoms with Crippen LogP contribution in [0.25, 0.3) is 11.5 Å². The number of thioether (sulfide) groups is 1. The van der Waals surface area contributed by atoms with Crippen LogP contribution in [-0.4, -0.2) is 21.9 Å². The molecule has 0 aliphatic rings. The summed E-state index contributed by atoms with van der Waals surface area (Å²) >= 11 is 1.13. The second-order valence-corrected chi connectivity index (χ2v) is 6.98. The topological polar surface area (TPSA) is 68.0 Å². The molecule has 0 aliphatic heterocycles. The molecule has 3 rings (SSSR count). The molecule has 0 unspecified atom stereocenters. The van der Waals surface area contributed by atoms with Gasteiger partial charge in [0.2, 0.25) is 11.8 Å². The van der Waals surface area contributed by atoms with E-state index in [1.54, 1.807) is 19.1 Å². The lowest BCUT2D eigenvalue weighted by atomic mass is 10.1. The van der Waals surface area contributed by atoms with Crippen LogP contribution in [-0.2, 0) is 4.79 Å². The first kappa shape index (κ1) is 18.1. The Hall–Kier alpha value is -2.67. The second-order valence-electron chi connectivity index (χ2n) is 6.05. The fraction of sp³-hybridized carbons (Fsp3) is 0.211. The summed E-state index contributed by atoms with van der Waals surface area (Å²) in [6.45, 7) is 5.67. The predicted molar refractivity (Wildman–Crippen MR) is 99.7 cm³/mol. The summed E-state index contributed by atoms with van der Waals surface area (Å²) in [7, 11) is 0. The third kappa shape index (κ3) is 4.49. The zero-order valence-electron chi connectivity index (χ0n) is 14.7. The van der Waals surface area contributed by atoms with Crippen molar-refractivity contribution in [3.63, 3.8) is 0 Å². The van der Waals surface area contributed by atoms with Gasteiger partial charge in [0.25, 0.3) is 5.22 Å². The number of nitrogens with one attached hydrogen (secondary N) is 1. The molecule has 1 heterocycles. The van der Waals surface area contributed by atoms with Gasteiger partial charge in [0, 0.05) is 11.3 Å². The van der Waals surface area contributed by atoms with Crippen molar-refractivity contribution >= 4 is 23.4 Å². The van der Waals surface area contributed by atoms with Gasteiger partial charge in [-0.1, -0.05) is 35.0 Å². The van der Waals surface area contributed by atoms with E-state index in [-0.39, 0.29) is 17.5 Å². The number of benzene rings is 2. The van der Waals surface area contributed by atoms with Crippen LogP contribution >= 0.6 is 11.8 Å². The molecule has 0 radical (unpaired) electrons.